The standard InChI is InChI=1S/C49H82N2O37/c1-11-23(59)30(66)33(69)44(77-11)80-16-5-49(48(74)75,88-40(27(16)63)25(61)15(58)6-52)76-10-20-28(64)39(22(42(73)79-20)51-14(4)57)86-43-21(50-13(3)56)29(65)37(18(8-54)82-43)85-47-41(87-45-34(70)31(67)24(60)12(2)78-45)36(72)38(19(9-55)83-47)84-46-35(71)32(68)26(62)17(7-53)81-46/h11-12,15-47,52-55,58-73H,5-10H2,1-4H3,(H,50,56)(H,51,57)(H,74,75)/t11-,12-,15+,16-,17+,18+,19+,20+,21+,22+,23+,24+,25+,26-,27+,28-,29+,30+,31+,32-,33-,34-,35+,36-,37+,38-,39+,40-,41+,42?,43-,44-,45-,46+,47-,49+/m0/s1. The number of carboxylic acids is 1. The number of aliphatic hydroxyl groups excluding tert-OH is 20. The number of nitrogens with one attached hydrogen (secondary N) is 2. The molecular weight excluding hydrogens is 1210 g/mol. The van der Waals surface area contributed by atoms with Gasteiger partial charge in [0.1, 0.15) is 159 Å². The number of carboxylic acid groups (broad SMARTS) is 1. The van der Waals surface area contributed by atoms with E-state index >= 15 is 0 Å². The second-order valence-corrected chi connectivity index (χ2v) is 22.5. The Morgan fingerprint density at radius 2 is 0.932 bits per heavy atom. The van der Waals surface area contributed by atoms with Gasteiger partial charge in [-0.1, -0.05) is 0 Å². The lowest BCUT2D eigenvalue weighted by atomic mass is 9.90. The van der Waals surface area contributed by atoms with Gasteiger partial charge in [-0.15, -0.1) is 0 Å². The molecule has 7 rings (SSSR count). The fraction of sp³-hybridized carbons (Fsp3) is 0.939. The van der Waals surface area contributed by atoms with Crippen molar-refractivity contribution in [3.63, 3.8) is 0 Å². The van der Waals surface area contributed by atoms with Gasteiger partial charge in [0, 0.05) is 20.3 Å². The van der Waals surface area contributed by atoms with E-state index in [0.29, 0.717) is 0 Å². The maximum absolute atomic E-state index is 13.3. The lowest BCUT2D eigenvalue weighted by Crippen LogP contribution is -2.71. The summed E-state index contributed by atoms with van der Waals surface area (Å²) in [6, 6.07) is -3.81. The number of aliphatic hydroxyl groups is 20. The molecule has 7 heterocycles. The highest BCUT2D eigenvalue weighted by Crippen LogP contribution is 2.40. The molecule has 7 aliphatic rings. The van der Waals surface area contributed by atoms with Crippen LogP contribution in [-0.4, -0.2) is 378 Å². The summed E-state index contributed by atoms with van der Waals surface area (Å²) in [5, 5.41) is 232. The molecule has 0 bridgehead atoms. The Hall–Kier alpha value is -2.91. The number of carbonyl (C=O) groups excluding carboxylic acids is 2. The third kappa shape index (κ3) is 15.3. The van der Waals surface area contributed by atoms with Gasteiger partial charge in [0.15, 0.2) is 37.7 Å². The van der Waals surface area contributed by atoms with Gasteiger partial charge in [-0.3, -0.25) is 9.59 Å². The summed E-state index contributed by atoms with van der Waals surface area (Å²) in [4.78, 5) is 38.9. The highest BCUT2D eigenvalue weighted by molar-refractivity contribution is 5.76. The van der Waals surface area contributed by atoms with E-state index < -0.39 is 278 Å². The van der Waals surface area contributed by atoms with Crippen LogP contribution in [0.2, 0.25) is 0 Å². The molecule has 0 aromatic rings. The molecular formula is C49H82N2O37. The van der Waals surface area contributed by atoms with E-state index in [-0.39, 0.29) is 0 Å². The van der Waals surface area contributed by atoms with Crippen LogP contribution in [0.15, 0.2) is 0 Å². The van der Waals surface area contributed by atoms with Crippen molar-refractivity contribution in [1.82, 2.24) is 10.6 Å². The molecule has 0 saturated carbocycles. The van der Waals surface area contributed by atoms with E-state index in [4.69, 9.17) is 61.6 Å². The minimum atomic E-state index is -3.16. The molecule has 0 aliphatic carbocycles. The van der Waals surface area contributed by atoms with Crippen molar-refractivity contribution in [2.75, 3.05) is 33.0 Å². The molecule has 0 radical (unpaired) electrons. The molecule has 0 spiro atoms. The third-order valence-corrected chi connectivity index (χ3v) is 16.3. The number of amides is 2. The van der Waals surface area contributed by atoms with Crippen LogP contribution in [0.3, 0.4) is 0 Å². The van der Waals surface area contributed by atoms with Crippen LogP contribution in [-0.2, 0) is 76.0 Å². The van der Waals surface area contributed by atoms with Gasteiger partial charge >= 0.3 is 5.97 Å². The highest BCUT2D eigenvalue weighted by atomic mass is 16.8. The van der Waals surface area contributed by atoms with Gasteiger partial charge < -0.3 is 179 Å². The zero-order valence-electron chi connectivity index (χ0n) is 47.4. The lowest BCUT2D eigenvalue weighted by molar-refractivity contribution is -0.400. The Bertz CT molecular complexity index is 2250. The number of rotatable bonds is 22. The second-order valence-electron chi connectivity index (χ2n) is 22.5. The van der Waals surface area contributed by atoms with Gasteiger partial charge in [0.05, 0.1) is 51.3 Å². The molecule has 0 aromatic heterocycles. The molecule has 88 heavy (non-hydrogen) atoms. The summed E-state index contributed by atoms with van der Waals surface area (Å²) in [6.45, 7) is -1.17. The first kappa shape index (κ1) is 72.5. The molecule has 39 heteroatoms. The van der Waals surface area contributed by atoms with Crippen molar-refractivity contribution in [3.05, 3.63) is 0 Å². The Kier molecular flexibility index (Phi) is 25.1. The fourth-order valence-corrected chi connectivity index (χ4v) is 11.2. The normalized spacial score (nSPS) is 49.3. The topological polar surface area (TPSA) is 620 Å². The Morgan fingerprint density at radius 1 is 0.477 bits per heavy atom. The number of carbonyl (C=O) groups is 3. The largest absolute Gasteiger partial charge is 0.477 e. The highest BCUT2D eigenvalue weighted by Gasteiger charge is 2.61. The summed E-state index contributed by atoms with van der Waals surface area (Å²) in [7, 11) is 0. The first-order chi connectivity index (χ1) is 41.3. The first-order valence-electron chi connectivity index (χ1n) is 28.0. The van der Waals surface area contributed by atoms with Crippen molar-refractivity contribution in [2.45, 2.75) is 255 Å². The summed E-state index contributed by atoms with van der Waals surface area (Å²) in [5.41, 5.74) is 0. The maximum atomic E-state index is 13.3. The Balaban J connectivity index is 1.16. The van der Waals surface area contributed by atoms with Crippen LogP contribution in [0.25, 0.3) is 0 Å². The van der Waals surface area contributed by atoms with Crippen LogP contribution in [0.1, 0.15) is 34.1 Å². The Labute approximate surface area is 498 Å². The smallest absolute Gasteiger partial charge is 0.364 e. The number of hydrogen-bond donors (Lipinski definition) is 23. The molecule has 36 atom stereocenters. The number of hydrogen-bond acceptors (Lipinski definition) is 36. The molecule has 39 nitrogen and oxygen atoms in total. The van der Waals surface area contributed by atoms with Crippen molar-refractivity contribution in [1.29, 1.82) is 0 Å². The zero-order valence-corrected chi connectivity index (χ0v) is 47.4. The molecule has 7 fully saturated rings. The van der Waals surface area contributed by atoms with Gasteiger partial charge in [-0.05, 0) is 13.8 Å². The Morgan fingerprint density at radius 3 is 1.45 bits per heavy atom. The minimum absolute atomic E-state index is 0.907. The van der Waals surface area contributed by atoms with Crippen LogP contribution < -0.4 is 10.6 Å². The molecule has 23 N–H and O–H groups in total. The van der Waals surface area contributed by atoms with Crippen molar-refractivity contribution in [3.8, 4) is 0 Å². The van der Waals surface area contributed by atoms with Crippen LogP contribution >= 0.6 is 0 Å². The van der Waals surface area contributed by atoms with E-state index in [0.717, 1.165) is 13.8 Å². The van der Waals surface area contributed by atoms with Crippen LogP contribution in [0.5, 0.6) is 0 Å². The van der Waals surface area contributed by atoms with Gasteiger partial charge in [0.25, 0.3) is 5.79 Å². The fourth-order valence-electron chi connectivity index (χ4n) is 11.2. The van der Waals surface area contributed by atoms with Crippen molar-refractivity contribution in [2.24, 2.45) is 0 Å². The van der Waals surface area contributed by atoms with Crippen molar-refractivity contribution >= 4 is 17.8 Å². The van der Waals surface area contributed by atoms with Gasteiger partial charge in [-0.25, -0.2) is 4.79 Å². The first-order valence-corrected chi connectivity index (χ1v) is 28.0. The monoisotopic (exact) mass is 1290 g/mol. The second kappa shape index (κ2) is 30.4. The predicted molar refractivity (Wildman–Crippen MR) is 269 cm³/mol. The number of ether oxygens (including phenoxy) is 13. The maximum Gasteiger partial charge on any atom is 0.364 e. The molecule has 0 aromatic carbocycles. The summed E-state index contributed by atoms with van der Waals surface area (Å²) in [5.74, 6) is -7.07. The van der Waals surface area contributed by atoms with Crippen LogP contribution in [0.4, 0.5) is 0 Å². The lowest BCUT2D eigenvalue weighted by Gasteiger charge is -2.51. The van der Waals surface area contributed by atoms with E-state index in [1.165, 1.54) is 13.8 Å². The van der Waals surface area contributed by atoms with E-state index in [9.17, 15) is 122 Å². The van der Waals surface area contributed by atoms with E-state index in [1.807, 2.05) is 0 Å². The summed E-state index contributed by atoms with van der Waals surface area (Å²) >= 11 is 0. The average molecular weight is 1290 g/mol. The molecule has 7 saturated heterocycles. The molecule has 1 unspecified atom stereocenters. The van der Waals surface area contributed by atoms with Crippen molar-refractivity contribution < 1.29 is 183 Å². The number of aliphatic carboxylic acids is 1. The zero-order chi connectivity index (χ0) is 65.3. The van der Waals surface area contributed by atoms with E-state index in [1.54, 1.807) is 0 Å². The SMILES string of the molecule is CC(=O)N[C@H]1[C@H](O[C@H]2[C@@H](O)[C@@H](CO[C@]3(C(=O)O)C[C@H](O[C@@H]4O[C@@H](C)[C@@H](O)[C@@H](O)[C@@H]4O)[C@@H](O)[C@H]([C@H](O)[C@H](O)CO)O3)OC(O)[C@@H]2NC(C)=O)O[C@H](CO)[C@@H](O[C@@H]2O[C@H](CO)[C@H](O[C@H]3O[C@H](CO)[C@H](O)[C@H](O)[C@H]3O)[C@H](O)[C@H]2O[C@@H]2O[C@@H](C)[C@@H](O)[C@@H](O)[C@@H]2O)[C@@H]1O. The van der Waals surface area contributed by atoms with Gasteiger partial charge in [-0.2, -0.15) is 0 Å². The third-order valence-electron chi connectivity index (χ3n) is 16.3. The molecule has 2 amide bonds. The van der Waals surface area contributed by atoms with E-state index in [2.05, 4.69) is 10.6 Å². The predicted octanol–water partition coefficient (Wildman–Crippen LogP) is -14.7. The minimum Gasteiger partial charge on any atom is -0.477 e. The summed E-state index contributed by atoms with van der Waals surface area (Å²) in [6.07, 6.45) is -66.5. The summed E-state index contributed by atoms with van der Waals surface area (Å²) < 4.78 is 75.1. The van der Waals surface area contributed by atoms with Crippen LogP contribution in [0, 0.1) is 0 Å². The molecule has 7 aliphatic heterocycles. The quantitative estimate of drug-likeness (QED) is 0.0479. The van der Waals surface area contributed by atoms with Gasteiger partial charge in [0.2, 0.25) is 11.8 Å². The average Bonchev–Trinajstić information content (AvgIpc) is 0.903. The molecule has 510 valence electrons.